The highest BCUT2D eigenvalue weighted by atomic mass is 16.5. The van der Waals surface area contributed by atoms with Crippen molar-refractivity contribution in [3.05, 3.63) is 47.0 Å². The van der Waals surface area contributed by atoms with Crippen molar-refractivity contribution in [3.63, 3.8) is 0 Å². The molecule has 0 fully saturated rings. The molecule has 0 aliphatic heterocycles. The molecule has 0 saturated carbocycles. The van der Waals surface area contributed by atoms with Crippen LogP contribution in [0.1, 0.15) is 22.6 Å². The van der Waals surface area contributed by atoms with Crippen molar-refractivity contribution in [1.82, 2.24) is 0 Å². The second-order valence-corrected chi connectivity index (χ2v) is 7.77. The van der Waals surface area contributed by atoms with E-state index in [0.29, 0.717) is 36.0 Å². The van der Waals surface area contributed by atoms with Gasteiger partial charge in [-0.15, -0.1) is 0 Å². The minimum absolute atomic E-state index is 0.179. The number of fused-ring (bicyclic) bond motifs is 1. The van der Waals surface area contributed by atoms with Crippen LogP contribution >= 0.6 is 0 Å². The average molecular weight is 433 g/mol. The highest BCUT2D eigenvalue weighted by Gasteiger charge is 2.48. The van der Waals surface area contributed by atoms with E-state index in [1.807, 2.05) is 30.3 Å². The van der Waals surface area contributed by atoms with Crippen LogP contribution in [0.2, 0.25) is 0 Å². The number of ether oxygens (including phenoxy) is 6. The highest BCUT2D eigenvalue weighted by Crippen LogP contribution is 2.49. The molecular weight excluding hydrogens is 400 g/mol. The fraction of sp³-hybridized carbons (Fsp3) is 0.500. The van der Waals surface area contributed by atoms with Crippen LogP contribution in [0.25, 0.3) is 0 Å². The summed E-state index contributed by atoms with van der Waals surface area (Å²) in [6.45, 7) is 0.533. The zero-order valence-electron chi connectivity index (χ0n) is 19.1. The molecule has 3 rings (SSSR count). The Morgan fingerprint density at radius 2 is 1.42 bits per heavy atom. The van der Waals surface area contributed by atoms with Gasteiger partial charge in [-0.25, -0.2) is 0 Å². The maximum absolute atomic E-state index is 11.7. The zero-order valence-corrected chi connectivity index (χ0v) is 19.1. The number of rotatable bonds is 9. The minimum atomic E-state index is -1.13. The minimum Gasteiger partial charge on any atom is -0.493 e. The molecule has 1 aliphatic carbocycles. The quantitative estimate of drug-likeness (QED) is 0.653. The monoisotopic (exact) mass is 432 g/mol. The first kappa shape index (κ1) is 23.2. The third-order valence-corrected chi connectivity index (χ3v) is 6.08. The molecule has 0 saturated heterocycles. The first-order valence-corrected chi connectivity index (χ1v) is 10.1. The molecular formula is C24H32O7. The van der Waals surface area contributed by atoms with Gasteiger partial charge in [0.1, 0.15) is 0 Å². The average Bonchev–Trinajstić information content (AvgIpc) is 2.78. The van der Waals surface area contributed by atoms with Gasteiger partial charge in [0, 0.05) is 32.5 Å². The Morgan fingerprint density at radius 1 is 0.806 bits per heavy atom. The van der Waals surface area contributed by atoms with Gasteiger partial charge >= 0.3 is 0 Å². The van der Waals surface area contributed by atoms with E-state index >= 15 is 0 Å². The van der Waals surface area contributed by atoms with E-state index in [-0.39, 0.29) is 18.4 Å². The number of methoxy groups -OCH3 is 6. The van der Waals surface area contributed by atoms with Gasteiger partial charge in [-0.2, -0.15) is 0 Å². The van der Waals surface area contributed by atoms with Gasteiger partial charge in [0.15, 0.2) is 23.0 Å². The van der Waals surface area contributed by atoms with E-state index in [0.717, 1.165) is 16.7 Å². The van der Waals surface area contributed by atoms with Gasteiger partial charge in [0.2, 0.25) is 0 Å². The molecule has 170 valence electrons. The molecule has 0 bridgehead atoms. The molecule has 3 atom stereocenters. The molecule has 1 N–H and O–H groups in total. The highest BCUT2D eigenvalue weighted by molar-refractivity contribution is 5.55. The van der Waals surface area contributed by atoms with E-state index in [2.05, 4.69) is 0 Å². The molecule has 31 heavy (non-hydrogen) atoms. The lowest BCUT2D eigenvalue weighted by Gasteiger charge is -2.45. The summed E-state index contributed by atoms with van der Waals surface area (Å²) in [5.74, 6) is 2.08. The van der Waals surface area contributed by atoms with Crippen LogP contribution in [-0.2, 0) is 15.9 Å². The third-order valence-electron chi connectivity index (χ3n) is 6.08. The first-order chi connectivity index (χ1) is 15.0. The Bertz CT molecular complexity index is 898. The molecule has 0 amide bonds. The summed E-state index contributed by atoms with van der Waals surface area (Å²) in [7, 11) is 9.68. The van der Waals surface area contributed by atoms with Crippen LogP contribution in [-0.4, -0.2) is 66.6 Å². The smallest absolute Gasteiger partial charge is 0.161 e. The van der Waals surface area contributed by atoms with Crippen molar-refractivity contribution in [2.75, 3.05) is 55.9 Å². The molecule has 7 nitrogen and oxygen atoms in total. The molecule has 2 aromatic carbocycles. The van der Waals surface area contributed by atoms with Gasteiger partial charge in [-0.05, 0) is 41.0 Å². The summed E-state index contributed by atoms with van der Waals surface area (Å²) in [5.41, 5.74) is 1.87. The van der Waals surface area contributed by atoms with Gasteiger partial charge in [-0.3, -0.25) is 0 Å². The van der Waals surface area contributed by atoms with Gasteiger partial charge in [-0.1, -0.05) is 6.07 Å². The number of benzene rings is 2. The number of hydrogen-bond acceptors (Lipinski definition) is 7. The third kappa shape index (κ3) is 4.31. The van der Waals surface area contributed by atoms with E-state index < -0.39 is 5.60 Å². The van der Waals surface area contributed by atoms with Gasteiger partial charge in [0.05, 0.1) is 47.3 Å². The Hall–Kier alpha value is -2.48. The SMILES string of the molecule is COC[C@@H]1[C@@H](c2ccc(OC)c(OC)c2)c2cc(OC)c(OC)cc2C[C@@]1(O)COC. The molecule has 7 heteroatoms. The Balaban J connectivity index is 2.26. The number of hydrogen-bond donors (Lipinski definition) is 1. The lowest BCUT2D eigenvalue weighted by molar-refractivity contribution is -0.101. The molecule has 0 radical (unpaired) electrons. The van der Waals surface area contributed by atoms with Crippen LogP contribution in [0.15, 0.2) is 30.3 Å². The lowest BCUT2D eigenvalue weighted by Crippen LogP contribution is -2.52. The van der Waals surface area contributed by atoms with Crippen LogP contribution in [0, 0.1) is 5.92 Å². The normalized spacial score (nSPS) is 22.5. The van der Waals surface area contributed by atoms with Gasteiger partial charge < -0.3 is 33.5 Å². The van der Waals surface area contributed by atoms with E-state index in [9.17, 15) is 5.11 Å². The van der Waals surface area contributed by atoms with Crippen LogP contribution in [0.4, 0.5) is 0 Å². The molecule has 0 spiro atoms. The van der Waals surface area contributed by atoms with E-state index in [1.165, 1.54) is 0 Å². The van der Waals surface area contributed by atoms with Crippen molar-refractivity contribution in [2.24, 2.45) is 5.92 Å². The molecule has 0 aromatic heterocycles. The summed E-state index contributed by atoms with van der Waals surface area (Å²) < 4.78 is 33.0. The Kier molecular flexibility index (Phi) is 7.30. The van der Waals surface area contributed by atoms with Crippen LogP contribution in [0.3, 0.4) is 0 Å². The first-order valence-electron chi connectivity index (χ1n) is 10.1. The van der Waals surface area contributed by atoms with Crippen LogP contribution < -0.4 is 18.9 Å². The Labute approximate surface area is 183 Å². The van der Waals surface area contributed by atoms with Crippen LogP contribution in [0.5, 0.6) is 23.0 Å². The summed E-state index contributed by atoms with van der Waals surface area (Å²) >= 11 is 0. The van der Waals surface area contributed by atoms with Gasteiger partial charge in [0.25, 0.3) is 0 Å². The summed E-state index contributed by atoms with van der Waals surface area (Å²) in [6.07, 6.45) is 0.411. The predicted octanol–water partition coefficient (Wildman–Crippen LogP) is 3.05. The molecule has 0 heterocycles. The van der Waals surface area contributed by atoms with E-state index in [4.69, 9.17) is 28.4 Å². The molecule has 2 aromatic rings. The fourth-order valence-corrected chi connectivity index (χ4v) is 4.66. The molecule has 0 unspecified atom stereocenters. The van der Waals surface area contributed by atoms with Crippen molar-refractivity contribution in [1.29, 1.82) is 0 Å². The second-order valence-electron chi connectivity index (χ2n) is 7.77. The largest absolute Gasteiger partial charge is 0.493 e. The maximum atomic E-state index is 11.7. The van der Waals surface area contributed by atoms with Crippen molar-refractivity contribution < 1.29 is 33.5 Å². The van der Waals surface area contributed by atoms with E-state index in [1.54, 1.807) is 42.7 Å². The second kappa shape index (κ2) is 9.77. The maximum Gasteiger partial charge on any atom is 0.161 e. The predicted molar refractivity (Wildman–Crippen MR) is 117 cm³/mol. The fourth-order valence-electron chi connectivity index (χ4n) is 4.66. The number of aliphatic hydroxyl groups is 1. The summed E-state index contributed by atoms with van der Waals surface area (Å²) in [4.78, 5) is 0. The zero-order chi connectivity index (χ0) is 22.6. The Morgan fingerprint density at radius 3 is 2.00 bits per heavy atom. The van der Waals surface area contributed by atoms with Crippen molar-refractivity contribution in [3.8, 4) is 23.0 Å². The summed E-state index contributed by atoms with van der Waals surface area (Å²) in [5, 5.41) is 11.7. The van der Waals surface area contributed by atoms with Crippen molar-refractivity contribution >= 4 is 0 Å². The standard InChI is InChI=1S/C24H32O7/c1-26-13-18-23(15-7-8-19(28-3)20(9-15)29-4)17-11-22(31-6)21(30-5)10-16(17)12-24(18,25)14-27-2/h7-11,18,23,25H,12-14H2,1-6H3/t18-,23+,24-/m1/s1. The lowest BCUT2D eigenvalue weighted by atomic mass is 9.64. The summed E-state index contributed by atoms with van der Waals surface area (Å²) in [6, 6.07) is 9.75. The topological polar surface area (TPSA) is 75.6 Å². The van der Waals surface area contributed by atoms with Crippen molar-refractivity contribution in [2.45, 2.75) is 17.9 Å². The molecule has 1 aliphatic rings.